The second-order valence-electron chi connectivity index (χ2n) is 6.03. The predicted molar refractivity (Wildman–Crippen MR) is 94.0 cm³/mol. The summed E-state index contributed by atoms with van der Waals surface area (Å²) in [6.07, 6.45) is 1.59. The highest BCUT2D eigenvalue weighted by Gasteiger charge is 2.15. The molecule has 0 saturated carbocycles. The maximum absolute atomic E-state index is 12.9. The first-order valence-electron chi connectivity index (χ1n) is 8.22. The maximum atomic E-state index is 12.9. The number of hydrogen-bond acceptors (Lipinski definition) is 4. The Bertz CT molecular complexity index is 896. The quantitative estimate of drug-likeness (QED) is 0.742. The van der Waals surface area contributed by atoms with Crippen molar-refractivity contribution in [3.8, 4) is 11.1 Å². The largest absolute Gasteiger partial charge is 0.463 e. The predicted octanol–water partition coefficient (Wildman–Crippen LogP) is 3.29. The van der Waals surface area contributed by atoms with Crippen LogP contribution in [0.2, 0.25) is 0 Å². The maximum Gasteiger partial charge on any atom is 0.200 e. The van der Waals surface area contributed by atoms with Gasteiger partial charge >= 0.3 is 0 Å². The first-order chi connectivity index (χ1) is 11.8. The van der Waals surface area contributed by atoms with Crippen LogP contribution in [0.15, 0.2) is 64.0 Å². The van der Waals surface area contributed by atoms with E-state index in [1.165, 1.54) is 0 Å². The molecule has 24 heavy (non-hydrogen) atoms. The smallest absolute Gasteiger partial charge is 0.200 e. The molecule has 2 aromatic carbocycles. The number of benzene rings is 2. The molecule has 0 aliphatic carbocycles. The minimum Gasteiger partial charge on any atom is -0.463 e. The third-order valence-corrected chi connectivity index (χ3v) is 4.46. The van der Waals surface area contributed by atoms with Gasteiger partial charge in [0, 0.05) is 25.2 Å². The SMILES string of the molecule is O=c1c(-c2ccccc2)coc2c(CN3CCOCC3)cccc12. The average Bonchev–Trinajstić information content (AvgIpc) is 2.64. The molecule has 0 N–H and O–H groups in total. The van der Waals surface area contributed by atoms with Crippen LogP contribution in [0.1, 0.15) is 5.56 Å². The molecule has 0 radical (unpaired) electrons. The second kappa shape index (κ2) is 6.59. The van der Waals surface area contributed by atoms with Crippen molar-refractivity contribution in [1.82, 2.24) is 4.90 Å². The van der Waals surface area contributed by atoms with Gasteiger partial charge in [0.2, 0.25) is 0 Å². The van der Waals surface area contributed by atoms with Crippen molar-refractivity contribution < 1.29 is 9.15 Å². The molecule has 2 heterocycles. The summed E-state index contributed by atoms with van der Waals surface area (Å²) in [5.74, 6) is 0. The van der Waals surface area contributed by atoms with Crippen LogP contribution in [0.5, 0.6) is 0 Å². The number of ether oxygens (including phenoxy) is 1. The van der Waals surface area contributed by atoms with Crippen molar-refractivity contribution >= 4 is 11.0 Å². The molecule has 0 atom stereocenters. The van der Waals surface area contributed by atoms with Gasteiger partial charge in [0.1, 0.15) is 11.8 Å². The molecule has 1 aromatic heterocycles. The van der Waals surface area contributed by atoms with E-state index >= 15 is 0 Å². The average molecular weight is 321 g/mol. The van der Waals surface area contributed by atoms with Gasteiger partial charge in [-0.05, 0) is 11.6 Å². The number of hydrogen-bond donors (Lipinski definition) is 0. The van der Waals surface area contributed by atoms with Crippen LogP contribution in [-0.4, -0.2) is 31.2 Å². The molecular weight excluding hydrogens is 302 g/mol. The summed E-state index contributed by atoms with van der Waals surface area (Å²) < 4.78 is 11.3. The number of morpholine rings is 1. The molecule has 3 aromatic rings. The summed E-state index contributed by atoms with van der Waals surface area (Å²) in [6.45, 7) is 4.10. The molecule has 0 unspecified atom stereocenters. The zero-order valence-electron chi connectivity index (χ0n) is 13.4. The first-order valence-corrected chi connectivity index (χ1v) is 8.22. The molecular formula is C20H19NO3. The lowest BCUT2D eigenvalue weighted by Crippen LogP contribution is -2.35. The molecule has 1 aliphatic heterocycles. The Balaban J connectivity index is 1.76. The van der Waals surface area contributed by atoms with E-state index in [1.807, 2.05) is 48.5 Å². The van der Waals surface area contributed by atoms with Crippen LogP contribution in [0.4, 0.5) is 0 Å². The highest BCUT2D eigenvalue weighted by Crippen LogP contribution is 2.23. The lowest BCUT2D eigenvalue weighted by atomic mass is 10.0. The van der Waals surface area contributed by atoms with Crippen LogP contribution in [-0.2, 0) is 11.3 Å². The molecule has 122 valence electrons. The molecule has 1 saturated heterocycles. The lowest BCUT2D eigenvalue weighted by Gasteiger charge is -2.26. The number of nitrogens with zero attached hydrogens (tertiary/aromatic N) is 1. The van der Waals surface area contributed by atoms with Crippen molar-refractivity contribution in [2.24, 2.45) is 0 Å². The fourth-order valence-electron chi connectivity index (χ4n) is 3.16. The number of fused-ring (bicyclic) bond motifs is 1. The lowest BCUT2D eigenvalue weighted by molar-refractivity contribution is 0.0342. The summed E-state index contributed by atoms with van der Waals surface area (Å²) in [5.41, 5.74) is 3.24. The second-order valence-corrected chi connectivity index (χ2v) is 6.03. The van der Waals surface area contributed by atoms with Crippen LogP contribution < -0.4 is 5.43 Å². The van der Waals surface area contributed by atoms with Crippen molar-refractivity contribution in [3.05, 3.63) is 70.6 Å². The van der Waals surface area contributed by atoms with Gasteiger partial charge in [-0.3, -0.25) is 9.69 Å². The van der Waals surface area contributed by atoms with Crippen LogP contribution in [0.3, 0.4) is 0 Å². The molecule has 1 fully saturated rings. The molecule has 0 amide bonds. The van der Waals surface area contributed by atoms with E-state index in [4.69, 9.17) is 9.15 Å². The summed E-state index contributed by atoms with van der Waals surface area (Å²) in [6, 6.07) is 15.4. The standard InChI is InChI=1S/C20H19NO3/c22-19-17-8-4-7-16(13-21-9-11-23-12-10-21)20(17)24-14-18(19)15-5-2-1-3-6-15/h1-8,14H,9-13H2. The van der Waals surface area contributed by atoms with E-state index in [0.717, 1.165) is 44.0 Å². The van der Waals surface area contributed by atoms with Gasteiger partial charge in [-0.2, -0.15) is 0 Å². The highest BCUT2D eigenvalue weighted by atomic mass is 16.5. The monoisotopic (exact) mass is 321 g/mol. The van der Waals surface area contributed by atoms with Crippen molar-refractivity contribution in [2.75, 3.05) is 26.3 Å². The minimum absolute atomic E-state index is 0.0197. The van der Waals surface area contributed by atoms with Gasteiger partial charge in [0.05, 0.1) is 24.2 Å². The van der Waals surface area contributed by atoms with Crippen molar-refractivity contribution in [3.63, 3.8) is 0 Å². The Kier molecular flexibility index (Phi) is 4.15. The molecule has 0 spiro atoms. The van der Waals surface area contributed by atoms with E-state index in [9.17, 15) is 4.79 Å². The summed E-state index contributed by atoms with van der Waals surface area (Å²) in [4.78, 5) is 15.2. The summed E-state index contributed by atoms with van der Waals surface area (Å²) >= 11 is 0. The summed E-state index contributed by atoms with van der Waals surface area (Å²) in [7, 11) is 0. The summed E-state index contributed by atoms with van der Waals surface area (Å²) in [5, 5.41) is 0.641. The number of rotatable bonds is 3. The fraction of sp³-hybridized carbons (Fsp3) is 0.250. The van der Waals surface area contributed by atoms with E-state index in [1.54, 1.807) is 6.26 Å². The Morgan fingerprint density at radius 2 is 1.75 bits per heavy atom. The number of para-hydroxylation sites is 1. The van der Waals surface area contributed by atoms with Crippen molar-refractivity contribution in [2.45, 2.75) is 6.54 Å². The Hall–Kier alpha value is -2.43. The zero-order valence-corrected chi connectivity index (χ0v) is 13.4. The Labute approximate surface area is 140 Å². The highest BCUT2D eigenvalue weighted by molar-refractivity contribution is 5.83. The van der Waals surface area contributed by atoms with E-state index in [2.05, 4.69) is 4.90 Å². The van der Waals surface area contributed by atoms with Gasteiger partial charge in [0.15, 0.2) is 5.43 Å². The third-order valence-electron chi connectivity index (χ3n) is 4.46. The molecule has 4 nitrogen and oxygen atoms in total. The molecule has 4 rings (SSSR count). The van der Waals surface area contributed by atoms with E-state index in [0.29, 0.717) is 16.5 Å². The van der Waals surface area contributed by atoms with Gasteiger partial charge in [-0.1, -0.05) is 42.5 Å². The van der Waals surface area contributed by atoms with Gasteiger partial charge < -0.3 is 9.15 Å². The van der Waals surface area contributed by atoms with Gasteiger partial charge in [0.25, 0.3) is 0 Å². The van der Waals surface area contributed by atoms with Crippen LogP contribution in [0, 0.1) is 0 Å². The zero-order chi connectivity index (χ0) is 16.4. The first kappa shape index (κ1) is 15.1. The van der Waals surface area contributed by atoms with Crippen molar-refractivity contribution in [1.29, 1.82) is 0 Å². The van der Waals surface area contributed by atoms with Gasteiger partial charge in [-0.15, -0.1) is 0 Å². The van der Waals surface area contributed by atoms with E-state index < -0.39 is 0 Å². The Morgan fingerprint density at radius 3 is 2.54 bits per heavy atom. The van der Waals surface area contributed by atoms with E-state index in [-0.39, 0.29) is 5.43 Å². The molecule has 4 heteroatoms. The topological polar surface area (TPSA) is 42.7 Å². The normalized spacial score (nSPS) is 15.7. The fourth-order valence-corrected chi connectivity index (χ4v) is 3.16. The van der Waals surface area contributed by atoms with Crippen LogP contribution in [0.25, 0.3) is 22.1 Å². The molecule has 0 bridgehead atoms. The van der Waals surface area contributed by atoms with Gasteiger partial charge in [-0.25, -0.2) is 0 Å². The third kappa shape index (κ3) is 2.86. The minimum atomic E-state index is 0.0197. The Morgan fingerprint density at radius 1 is 0.958 bits per heavy atom. The molecule has 1 aliphatic rings. The van der Waals surface area contributed by atoms with Crippen LogP contribution >= 0.6 is 0 Å².